The van der Waals surface area contributed by atoms with E-state index in [1.165, 1.54) is 0 Å². The summed E-state index contributed by atoms with van der Waals surface area (Å²) in [6.45, 7) is 0. The van der Waals surface area contributed by atoms with E-state index in [-0.39, 0.29) is 5.02 Å². The van der Waals surface area contributed by atoms with E-state index < -0.39 is 29.3 Å². The molecule has 1 atom stereocenters. The summed E-state index contributed by atoms with van der Waals surface area (Å²) in [5, 5.41) is 17.1. The fourth-order valence-corrected chi connectivity index (χ4v) is 1.13. The summed E-state index contributed by atoms with van der Waals surface area (Å²) >= 11 is 5.30. The average Bonchev–Trinajstić information content (AvgIpc) is 2.01. The third kappa shape index (κ3) is 2.00. The number of benzene rings is 1. The molecular weight excluding hydrogens is 218 g/mol. The molecule has 0 spiro atoms. The van der Waals surface area contributed by atoms with Crippen molar-refractivity contribution in [1.29, 1.82) is 0 Å². The zero-order chi connectivity index (χ0) is 10.9. The molecule has 0 amide bonds. The van der Waals surface area contributed by atoms with E-state index in [4.69, 9.17) is 21.8 Å². The molecule has 0 saturated heterocycles. The molecule has 0 radical (unpaired) electrons. The van der Waals surface area contributed by atoms with Gasteiger partial charge in [0.1, 0.15) is 11.6 Å². The fraction of sp³-hybridized carbons (Fsp3) is 0.125. The summed E-state index contributed by atoms with van der Waals surface area (Å²) in [5.74, 6) is -4.11. The topological polar surface area (TPSA) is 57.5 Å². The number of carboxylic acids is 1. The number of carbonyl (C=O) groups is 1. The Balaban J connectivity index is 3.27. The van der Waals surface area contributed by atoms with Crippen molar-refractivity contribution in [3.63, 3.8) is 0 Å². The highest BCUT2D eigenvalue weighted by Crippen LogP contribution is 2.24. The first-order valence-corrected chi connectivity index (χ1v) is 3.86. The molecule has 0 aliphatic heterocycles. The standard InChI is InChI=1S/C8H5ClF2O3/c9-3-1-4(10)6(5(11)2-3)7(12)8(13)14/h1-2,7,12H,(H,13,14)/t7-/m1/s1. The van der Waals surface area contributed by atoms with Gasteiger partial charge in [0.25, 0.3) is 0 Å². The SMILES string of the molecule is O=C(O)[C@H](O)c1c(F)cc(Cl)cc1F. The molecule has 1 aromatic carbocycles. The Bertz CT molecular complexity index is 358. The predicted molar refractivity (Wildman–Crippen MR) is 44.0 cm³/mol. The lowest BCUT2D eigenvalue weighted by atomic mass is 10.1. The van der Waals surface area contributed by atoms with E-state index in [1.807, 2.05) is 0 Å². The molecular formula is C8H5ClF2O3. The highest BCUT2D eigenvalue weighted by Gasteiger charge is 2.24. The van der Waals surface area contributed by atoms with E-state index in [0.29, 0.717) is 0 Å². The Hall–Kier alpha value is -1.20. The first kappa shape index (κ1) is 10.9. The van der Waals surface area contributed by atoms with Crippen molar-refractivity contribution in [3.8, 4) is 0 Å². The van der Waals surface area contributed by atoms with Gasteiger partial charge in [0.2, 0.25) is 0 Å². The highest BCUT2D eigenvalue weighted by molar-refractivity contribution is 6.30. The van der Waals surface area contributed by atoms with Gasteiger partial charge < -0.3 is 10.2 Å². The molecule has 76 valence electrons. The minimum absolute atomic E-state index is 0.207. The highest BCUT2D eigenvalue weighted by atomic mass is 35.5. The summed E-state index contributed by atoms with van der Waals surface area (Å²) in [5.41, 5.74) is -0.915. The summed E-state index contributed by atoms with van der Waals surface area (Å²) < 4.78 is 25.9. The van der Waals surface area contributed by atoms with Crippen molar-refractivity contribution in [3.05, 3.63) is 34.4 Å². The number of aliphatic hydroxyl groups is 1. The predicted octanol–water partition coefficient (Wildman–Crippen LogP) is 1.74. The van der Waals surface area contributed by atoms with E-state index in [1.54, 1.807) is 0 Å². The lowest BCUT2D eigenvalue weighted by molar-refractivity contribution is -0.147. The van der Waals surface area contributed by atoms with Crippen molar-refractivity contribution < 1.29 is 23.8 Å². The van der Waals surface area contributed by atoms with Gasteiger partial charge in [-0.2, -0.15) is 0 Å². The van der Waals surface area contributed by atoms with Crippen molar-refractivity contribution in [2.24, 2.45) is 0 Å². The summed E-state index contributed by atoms with van der Waals surface area (Å²) in [6, 6.07) is 1.46. The van der Waals surface area contributed by atoms with Gasteiger partial charge in [0.05, 0.1) is 5.56 Å². The molecule has 0 aromatic heterocycles. The molecule has 6 heteroatoms. The van der Waals surface area contributed by atoms with Crippen LogP contribution in [0.1, 0.15) is 11.7 Å². The van der Waals surface area contributed by atoms with E-state index in [0.717, 1.165) is 12.1 Å². The maximum absolute atomic E-state index is 13.0. The smallest absolute Gasteiger partial charge is 0.337 e. The molecule has 14 heavy (non-hydrogen) atoms. The number of carboxylic acid groups (broad SMARTS) is 1. The van der Waals surface area contributed by atoms with Crippen LogP contribution in [-0.4, -0.2) is 16.2 Å². The number of aliphatic hydroxyl groups excluding tert-OH is 1. The molecule has 1 rings (SSSR count). The molecule has 3 nitrogen and oxygen atoms in total. The van der Waals surface area contributed by atoms with Gasteiger partial charge in [-0.05, 0) is 12.1 Å². The van der Waals surface area contributed by atoms with Crippen LogP contribution in [0.2, 0.25) is 5.02 Å². The number of hydrogen-bond donors (Lipinski definition) is 2. The van der Waals surface area contributed by atoms with Gasteiger partial charge in [-0.15, -0.1) is 0 Å². The van der Waals surface area contributed by atoms with Gasteiger partial charge in [-0.3, -0.25) is 0 Å². The van der Waals surface area contributed by atoms with Crippen molar-refractivity contribution in [1.82, 2.24) is 0 Å². The summed E-state index contributed by atoms with van der Waals surface area (Å²) in [7, 11) is 0. The molecule has 0 saturated carbocycles. The average molecular weight is 223 g/mol. The second kappa shape index (κ2) is 3.89. The first-order chi connectivity index (χ1) is 6.43. The minimum Gasteiger partial charge on any atom is -0.479 e. The van der Waals surface area contributed by atoms with Crippen molar-refractivity contribution in [2.75, 3.05) is 0 Å². The fourth-order valence-electron chi connectivity index (χ4n) is 0.938. The van der Waals surface area contributed by atoms with Crippen molar-refractivity contribution >= 4 is 17.6 Å². The summed E-state index contributed by atoms with van der Waals surface area (Å²) in [6.07, 6.45) is -2.23. The Morgan fingerprint density at radius 3 is 2.14 bits per heavy atom. The number of halogens is 3. The van der Waals surface area contributed by atoms with Crippen LogP contribution in [0, 0.1) is 11.6 Å². The lowest BCUT2D eigenvalue weighted by Gasteiger charge is -2.08. The Morgan fingerprint density at radius 1 is 1.36 bits per heavy atom. The summed E-state index contributed by atoms with van der Waals surface area (Å²) in [4.78, 5) is 10.3. The molecule has 0 heterocycles. The molecule has 1 aromatic rings. The van der Waals surface area contributed by atoms with Gasteiger partial charge in [-0.1, -0.05) is 11.6 Å². The zero-order valence-corrected chi connectivity index (χ0v) is 7.42. The second-order valence-electron chi connectivity index (χ2n) is 2.52. The van der Waals surface area contributed by atoms with Crippen LogP contribution in [0.5, 0.6) is 0 Å². The van der Waals surface area contributed by atoms with Crippen LogP contribution in [0.15, 0.2) is 12.1 Å². The Kier molecular flexibility index (Phi) is 3.03. The van der Waals surface area contributed by atoms with E-state index in [9.17, 15) is 13.6 Å². The molecule has 2 N–H and O–H groups in total. The van der Waals surface area contributed by atoms with Crippen molar-refractivity contribution in [2.45, 2.75) is 6.10 Å². The lowest BCUT2D eigenvalue weighted by Crippen LogP contribution is -2.14. The van der Waals surface area contributed by atoms with Crippen LogP contribution in [-0.2, 0) is 4.79 Å². The van der Waals surface area contributed by atoms with Crippen LogP contribution < -0.4 is 0 Å². The Morgan fingerprint density at radius 2 is 1.79 bits per heavy atom. The first-order valence-electron chi connectivity index (χ1n) is 3.48. The van der Waals surface area contributed by atoms with Crippen LogP contribution in [0.25, 0.3) is 0 Å². The van der Waals surface area contributed by atoms with E-state index in [2.05, 4.69) is 0 Å². The van der Waals surface area contributed by atoms with Gasteiger partial charge >= 0.3 is 5.97 Å². The van der Waals surface area contributed by atoms with Gasteiger partial charge in [0.15, 0.2) is 6.10 Å². The minimum atomic E-state index is -2.23. The van der Waals surface area contributed by atoms with Crippen LogP contribution >= 0.6 is 11.6 Å². The molecule has 0 fully saturated rings. The Labute approximate surface area is 82.5 Å². The normalized spacial score (nSPS) is 12.6. The number of aliphatic carboxylic acids is 1. The molecule has 0 aliphatic rings. The monoisotopic (exact) mass is 222 g/mol. The number of rotatable bonds is 2. The maximum Gasteiger partial charge on any atom is 0.337 e. The molecule has 0 bridgehead atoms. The van der Waals surface area contributed by atoms with Gasteiger partial charge in [-0.25, -0.2) is 13.6 Å². The van der Waals surface area contributed by atoms with E-state index >= 15 is 0 Å². The zero-order valence-electron chi connectivity index (χ0n) is 6.67. The molecule has 0 aliphatic carbocycles. The maximum atomic E-state index is 13.0. The largest absolute Gasteiger partial charge is 0.479 e. The van der Waals surface area contributed by atoms with Crippen LogP contribution in [0.4, 0.5) is 8.78 Å². The number of hydrogen-bond acceptors (Lipinski definition) is 2. The third-order valence-electron chi connectivity index (χ3n) is 1.55. The third-order valence-corrected chi connectivity index (χ3v) is 1.77. The second-order valence-corrected chi connectivity index (χ2v) is 2.96. The van der Waals surface area contributed by atoms with Gasteiger partial charge in [0, 0.05) is 5.02 Å². The molecule has 0 unspecified atom stereocenters. The quantitative estimate of drug-likeness (QED) is 0.801. The van der Waals surface area contributed by atoms with Crippen LogP contribution in [0.3, 0.4) is 0 Å².